The highest BCUT2D eigenvalue weighted by molar-refractivity contribution is 7.14. The van der Waals surface area contributed by atoms with Crippen molar-refractivity contribution in [3.05, 3.63) is 58.1 Å². The summed E-state index contributed by atoms with van der Waals surface area (Å²) in [6, 6.07) is 13.0. The molecule has 2 amide bonds. The van der Waals surface area contributed by atoms with E-state index in [1.54, 1.807) is 6.20 Å². The first kappa shape index (κ1) is 30.5. The zero-order chi connectivity index (χ0) is 30.5. The predicted octanol–water partition coefficient (Wildman–Crippen LogP) is 5.19. The number of imide groups is 1. The molecule has 3 N–H and O–H groups in total. The van der Waals surface area contributed by atoms with E-state index in [4.69, 9.17) is 21.3 Å². The summed E-state index contributed by atoms with van der Waals surface area (Å²) in [5.74, 6) is 0.139. The zero-order valence-corrected chi connectivity index (χ0v) is 26.1. The number of anilines is 2. The van der Waals surface area contributed by atoms with E-state index in [2.05, 4.69) is 44.0 Å². The number of rotatable bonds is 9. The monoisotopic (exact) mass is 633 g/mol. The van der Waals surface area contributed by atoms with Crippen molar-refractivity contribution in [2.24, 2.45) is 5.41 Å². The van der Waals surface area contributed by atoms with Crippen molar-refractivity contribution in [2.45, 2.75) is 57.0 Å². The van der Waals surface area contributed by atoms with E-state index in [1.807, 2.05) is 23.6 Å². The van der Waals surface area contributed by atoms with E-state index in [0.29, 0.717) is 43.7 Å². The fourth-order valence-corrected chi connectivity index (χ4v) is 7.01. The number of thiazole rings is 1. The summed E-state index contributed by atoms with van der Waals surface area (Å²) >= 11 is 8.05. The van der Waals surface area contributed by atoms with E-state index in [0.717, 1.165) is 73.1 Å². The number of benzene rings is 1. The second-order valence-corrected chi connectivity index (χ2v) is 13.2. The molecule has 12 heteroatoms. The van der Waals surface area contributed by atoms with Gasteiger partial charge in [-0.15, -0.1) is 11.3 Å². The van der Waals surface area contributed by atoms with Crippen LogP contribution < -0.4 is 16.0 Å². The molecule has 3 fully saturated rings. The van der Waals surface area contributed by atoms with E-state index in [1.165, 1.54) is 16.9 Å². The molecular weight excluding hydrogens is 598 g/mol. The number of piperidine rings is 2. The van der Waals surface area contributed by atoms with Gasteiger partial charge in [-0.2, -0.15) is 5.26 Å². The Balaban J connectivity index is 1.000. The van der Waals surface area contributed by atoms with Gasteiger partial charge >= 0.3 is 0 Å². The summed E-state index contributed by atoms with van der Waals surface area (Å²) < 4.78 is 5.44. The van der Waals surface area contributed by atoms with Gasteiger partial charge in [0.2, 0.25) is 11.8 Å². The molecule has 1 atom stereocenters. The Morgan fingerprint density at radius 3 is 2.66 bits per heavy atom. The molecule has 0 aliphatic carbocycles. The molecular formula is C32H36ClN7O3S. The molecule has 1 aromatic carbocycles. The van der Waals surface area contributed by atoms with Gasteiger partial charge in [0.1, 0.15) is 5.82 Å². The number of carbonyl (C=O) groups is 2. The fraction of sp³-hybridized carbons (Fsp3) is 0.469. The Kier molecular flexibility index (Phi) is 9.42. The molecule has 10 nitrogen and oxygen atoms in total. The Hall–Kier alpha value is -3.56. The number of likely N-dealkylation sites (tertiary alicyclic amines) is 1. The van der Waals surface area contributed by atoms with Crippen LogP contribution in [0.5, 0.6) is 0 Å². The summed E-state index contributed by atoms with van der Waals surface area (Å²) in [6.07, 6.45) is 6.05. The second-order valence-electron chi connectivity index (χ2n) is 11.9. The average molecular weight is 634 g/mol. The molecule has 5 heterocycles. The smallest absolute Gasteiger partial charge is 0.234 e. The highest BCUT2D eigenvalue weighted by Crippen LogP contribution is 2.34. The van der Waals surface area contributed by atoms with Gasteiger partial charge in [-0.05, 0) is 49.3 Å². The molecule has 0 saturated carbocycles. The minimum atomic E-state index is -0.423. The van der Waals surface area contributed by atoms with E-state index in [-0.39, 0.29) is 17.7 Å². The van der Waals surface area contributed by atoms with Crippen LogP contribution in [0.1, 0.15) is 55.6 Å². The SMILES string of the molecule is N#CC1(CNc2nc(-c3cc(NC4CCN(Cc5ccc(C6CCC(=O)NC6=O)cc5)CC4)ncc3Cl)cs2)CCOCC1. The number of nitriles is 1. The first-order valence-electron chi connectivity index (χ1n) is 15.2. The number of ether oxygens (including phenoxy) is 1. The molecule has 3 aliphatic heterocycles. The molecule has 44 heavy (non-hydrogen) atoms. The van der Waals surface area contributed by atoms with Crippen molar-refractivity contribution in [1.29, 1.82) is 5.26 Å². The number of nitrogens with zero attached hydrogens (tertiary/aromatic N) is 4. The Morgan fingerprint density at radius 1 is 1.16 bits per heavy atom. The minimum absolute atomic E-state index is 0.188. The Bertz CT molecular complexity index is 1530. The molecule has 2 aromatic heterocycles. The molecule has 0 bridgehead atoms. The number of hydrogen-bond acceptors (Lipinski definition) is 10. The van der Waals surface area contributed by atoms with Gasteiger partial charge < -0.3 is 15.4 Å². The van der Waals surface area contributed by atoms with Crippen LogP contribution in [0.25, 0.3) is 11.3 Å². The third-order valence-electron chi connectivity index (χ3n) is 8.87. The zero-order valence-electron chi connectivity index (χ0n) is 24.5. The maximum Gasteiger partial charge on any atom is 0.234 e. The number of halogens is 1. The first-order valence-corrected chi connectivity index (χ1v) is 16.4. The lowest BCUT2D eigenvalue weighted by Crippen LogP contribution is -2.39. The number of carbonyl (C=O) groups excluding carboxylic acids is 2. The average Bonchev–Trinajstić information content (AvgIpc) is 3.52. The van der Waals surface area contributed by atoms with Gasteiger partial charge in [-0.3, -0.25) is 19.8 Å². The molecule has 3 saturated heterocycles. The summed E-state index contributed by atoms with van der Waals surface area (Å²) in [6.45, 7) is 4.55. The number of hydrogen-bond donors (Lipinski definition) is 3. The van der Waals surface area contributed by atoms with E-state index in [9.17, 15) is 14.9 Å². The Morgan fingerprint density at radius 2 is 1.93 bits per heavy atom. The van der Waals surface area contributed by atoms with Crippen LogP contribution in [-0.2, 0) is 20.9 Å². The second kappa shape index (κ2) is 13.6. The maximum atomic E-state index is 12.2. The summed E-state index contributed by atoms with van der Waals surface area (Å²) in [5.41, 5.74) is 3.36. The van der Waals surface area contributed by atoms with E-state index >= 15 is 0 Å². The fourth-order valence-electron chi connectivity index (χ4n) is 6.10. The molecule has 3 aliphatic rings. The topological polar surface area (TPSA) is 132 Å². The van der Waals surface area contributed by atoms with Gasteiger partial charge in [-0.1, -0.05) is 35.9 Å². The van der Waals surface area contributed by atoms with Crippen LogP contribution in [0.2, 0.25) is 5.02 Å². The number of pyridine rings is 1. The van der Waals surface area contributed by atoms with Gasteiger partial charge in [0.05, 0.1) is 28.1 Å². The van der Waals surface area contributed by atoms with Crippen LogP contribution in [-0.4, -0.2) is 65.6 Å². The Labute approximate surface area is 266 Å². The van der Waals surface area contributed by atoms with Crippen molar-refractivity contribution in [3.8, 4) is 17.3 Å². The predicted molar refractivity (Wildman–Crippen MR) is 170 cm³/mol. The number of aromatic nitrogens is 2. The normalized spacial score (nSPS) is 21.0. The molecule has 0 radical (unpaired) electrons. The standard InChI is InChI=1S/C32H36ClN7O3S/c33-26-16-35-28(15-25(26)27-18-44-31(38-27)36-20-32(19-34)9-13-43-14-10-32)37-23-7-11-40(12-8-23)17-21-1-3-22(4-2-21)24-5-6-29(41)39-30(24)42/h1-4,15-16,18,23-24H,5-14,17,20H2,(H,35,37)(H,36,38)(H,39,41,42). The highest BCUT2D eigenvalue weighted by atomic mass is 35.5. The largest absolute Gasteiger partial charge is 0.381 e. The number of nitrogens with one attached hydrogen (secondary N) is 3. The molecule has 3 aromatic rings. The van der Waals surface area contributed by atoms with E-state index < -0.39 is 5.41 Å². The lowest BCUT2D eigenvalue weighted by Gasteiger charge is -2.32. The summed E-state index contributed by atoms with van der Waals surface area (Å²) in [5, 5.41) is 22.4. The lowest BCUT2D eigenvalue weighted by molar-refractivity contribution is -0.134. The third-order valence-corrected chi connectivity index (χ3v) is 9.97. The van der Waals surface area contributed by atoms with Gasteiger partial charge in [0.25, 0.3) is 0 Å². The van der Waals surface area contributed by atoms with Crippen molar-refractivity contribution < 1.29 is 14.3 Å². The van der Waals surface area contributed by atoms with Crippen molar-refractivity contribution in [1.82, 2.24) is 20.2 Å². The quantitative estimate of drug-likeness (QED) is 0.272. The molecule has 230 valence electrons. The van der Waals surface area contributed by atoms with Gasteiger partial charge in [-0.25, -0.2) is 9.97 Å². The van der Waals surface area contributed by atoms with Gasteiger partial charge in [0.15, 0.2) is 5.13 Å². The van der Waals surface area contributed by atoms with Crippen molar-refractivity contribution in [3.63, 3.8) is 0 Å². The molecule has 6 rings (SSSR count). The van der Waals surface area contributed by atoms with Crippen molar-refractivity contribution in [2.75, 3.05) is 43.5 Å². The summed E-state index contributed by atoms with van der Waals surface area (Å²) in [7, 11) is 0. The van der Waals surface area contributed by atoms with Crippen LogP contribution >= 0.6 is 22.9 Å². The number of amides is 2. The molecule has 0 spiro atoms. The van der Waals surface area contributed by atoms with Gasteiger partial charge in [0, 0.05) is 69.0 Å². The van der Waals surface area contributed by atoms with Crippen LogP contribution in [0.15, 0.2) is 41.9 Å². The minimum Gasteiger partial charge on any atom is -0.381 e. The third kappa shape index (κ3) is 7.21. The van der Waals surface area contributed by atoms with Crippen LogP contribution in [0, 0.1) is 16.7 Å². The van der Waals surface area contributed by atoms with Crippen LogP contribution in [0.4, 0.5) is 10.9 Å². The van der Waals surface area contributed by atoms with Crippen LogP contribution in [0.3, 0.4) is 0 Å². The molecule has 1 unspecified atom stereocenters. The highest BCUT2D eigenvalue weighted by Gasteiger charge is 2.33. The first-order chi connectivity index (χ1) is 21.4. The maximum absolute atomic E-state index is 12.2. The lowest BCUT2D eigenvalue weighted by atomic mass is 9.82. The summed E-state index contributed by atoms with van der Waals surface area (Å²) in [4.78, 5) is 35.4. The van der Waals surface area contributed by atoms with Crippen molar-refractivity contribution >= 4 is 45.7 Å².